The summed E-state index contributed by atoms with van der Waals surface area (Å²) in [5.74, 6) is 0.955. The third kappa shape index (κ3) is 2.60. The second-order valence-electron chi connectivity index (χ2n) is 4.32. The van der Waals surface area contributed by atoms with E-state index in [9.17, 15) is 0 Å². The lowest BCUT2D eigenvalue weighted by molar-refractivity contribution is 0.759. The van der Waals surface area contributed by atoms with Crippen LogP contribution in [0.25, 0.3) is 0 Å². The van der Waals surface area contributed by atoms with Gasteiger partial charge in [0.1, 0.15) is 5.82 Å². The molecule has 2 rings (SSSR count). The second-order valence-corrected chi connectivity index (χ2v) is 4.32. The first-order chi connectivity index (χ1) is 7.79. The van der Waals surface area contributed by atoms with Crippen LogP contribution in [0.5, 0.6) is 0 Å². The molecule has 0 bridgehead atoms. The molecule has 1 atom stereocenters. The average Bonchev–Trinajstić information content (AvgIpc) is 2.83. The van der Waals surface area contributed by atoms with Gasteiger partial charge in [-0.15, -0.1) is 0 Å². The summed E-state index contributed by atoms with van der Waals surface area (Å²) >= 11 is 0. The Labute approximate surface area is 97.0 Å². The van der Waals surface area contributed by atoms with Crippen LogP contribution < -0.4 is 5.32 Å². The van der Waals surface area contributed by atoms with Crippen LogP contribution in [0.2, 0.25) is 0 Å². The Morgan fingerprint density at radius 1 is 1.44 bits per heavy atom. The van der Waals surface area contributed by atoms with Crippen molar-refractivity contribution < 1.29 is 0 Å². The van der Waals surface area contributed by atoms with Crippen LogP contribution in [0, 0.1) is 0 Å². The van der Waals surface area contributed by atoms with Crippen molar-refractivity contribution in [3.8, 4) is 0 Å². The molecule has 3 nitrogen and oxygen atoms in total. The van der Waals surface area contributed by atoms with Gasteiger partial charge in [-0.1, -0.05) is 6.92 Å². The molecule has 1 aromatic rings. The molecule has 0 aliphatic carbocycles. The summed E-state index contributed by atoms with van der Waals surface area (Å²) in [5, 5.41) is 3.36. The van der Waals surface area contributed by atoms with Crippen LogP contribution >= 0.6 is 0 Å². The zero-order valence-corrected chi connectivity index (χ0v) is 10.0. The number of pyridine rings is 1. The van der Waals surface area contributed by atoms with E-state index in [2.05, 4.69) is 35.2 Å². The zero-order valence-electron chi connectivity index (χ0n) is 10.0. The maximum Gasteiger partial charge on any atom is 0.126 e. The van der Waals surface area contributed by atoms with Gasteiger partial charge < -0.3 is 5.32 Å². The van der Waals surface area contributed by atoms with Crippen LogP contribution in [0.1, 0.15) is 38.7 Å². The summed E-state index contributed by atoms with van der Waals surface area (Å²) in [6.07, 6.45) is 5.31. The van der Waals surface area contributed by atoms with Crippen LogP contribution in [-0.2, 0) is 0 Å². The maximum absolute atomic E-state index is 4.47. The third-order valence-corrected chi connectivity index (χ3v) is 2.98. The highest BCUT2D eigenvalue weighted by atomic mass is 15.0. The molecule has 1 aliphatic heterocycles. The summed E-state index contributed by atoms with van der Waals surface area (Å²) in [7, 11) is 0. The predicted octanol–water partition coefficient (Wildman–Crippen LogP) is 2.87. The van der Waals surface area contributed by atoms with Gasteiger partial charge in [0.05, 0.1) is 0 Å². The van der Waals surface area contributed by atoms with Gasteiger partial charge in [0.15, 0.2) is 0 Å². The lowest BCUT2D eigenvalue weighted by Gasteiger charge is -2.12. The van der Waals surface area contributed by atoms with Crippen molar-refractivity contribution in [3.63, 3.8) is 0 Å². The van der Waals surface area contributed by atoms with Crippen LogP contribution in [0.15, 0.2) is 23.3 Å². The molecule has 1 N–H and O–H groups in total. The van der Waals surface area contributed by atoms with E-state index in [4.69, 9.17) is 0 Å². The van der Waals surface area contributed by atoms with Gasteiger partial charge in [0.2, 0.25) is 0 Å². The zero-order chi connectivity index (χ0) is 11.4. The first-order valence-corrected chi connectivity index (χ1v) is 6.06. The van der Waals surface area contributed by atoms with E-state index in [1.54, 1.807) is 0 Å². The van der Waals surface area contributed by atoms with Gasteiger partial charge >= 0.3 is 0 Å². The molecule has 2 heterocycles. The summed E-state index contributed by atoms with van der Waals surface area (Å²) in [5.41, 5.74) is 2.38. The molecule has 0 radical (unpaired) electrons. The topological polar surface area (TPSA) is 37.3 Å². The molecule has 1 aromatic heterocycles. The van der Waals surface area contributed by atoms with Crippen molar-refractivity contribution in [1.82, 2.24) is 4.98 Å². The molecule has 16 heavy (non-hydrogen) atoms. The Bertz CT molecular complexity index is 367. The van der Waals surface area contributed by atoms with Gasteiger partial charge in [0, 0.05) is 30.1 Å². The summed E-state index contributed by atoms with van der Waals surface area (Å²) in [4.78, 5) is 8.89. The van der Waals surface area contributed by atoms with Crippen LogP contribution in [-0.4, -0.2) is 23.3 Å². The van der Waals surface area contributed by atoms with Crippen molar-refractivity contribution in [1.29, 1.82) is 0 Å². The third-order valence-electron chi connectivity index (χ3n) is 2.98. The number of aliphatic imine (C=N–C) groups is 1. The van der Waals surface area contributed by atoms with Crippen molar-refractivity contribution >= 4 is 11.5 Å². The molecule has 3 heteroatoms. The number of anilines is 1. The Balaban J connectivity index is 2.04. The number of aromatic nitrogens is 1. The lowest BCUT2D eigenvalue weighted by atomic mass is 10.1. The monoisotopic (exact) mass is 217 g/mol. The van der Waals surface area contributed by atoms with Crippen LogP contribution in [0.4, 0.5) is 5.82 Å². The summed E-state index contributed by atoms with van der Waals surface area (Å²) in [6, 6.07) is 4.63. The first kappa shape index (κ1) is 11.1. The highest BCUT2D eigenvalue weighted by Gasteiger charge is 2.09. The van der Waals surface area contributed by atoms with Crippen LogP contribution in [0.3, 0.4) is 0 Å². The molecule has 0 aromatic carbocycles. The van der Waals surface area contributed by atoms with Gasteiger partial charge in [-0.2, -0.15) is 0 Å². The summed E-state index contributed by atoms with van der Waals surface area (Å²) < 4.78 is 0. The number of nitrogens with one attached hydrogen (secondary N) is 1. The standard InChI is InChI=1S/C13H19N3/c1-3-10(2)16-13-7-6-11(9-15-13)12-5-4-8-14-12/h6-7,9-10H,3-5,8H2,1-2H3,(H,15,16)/t10-/m0/s1. The number of rotatable bonds is 4. The largest absolute Gasteiger partial charge is 0.368 e. The molecular weight excluding hydrogens is 198 g/mol. The van der Waals surface area contributed by atoms with Crippen molar-refractivity contribution in [2.24, 2.45) is 4.99 Å². The highest BCUT2D eigenvalue weighted by Crippen LogP contribution is 2.14. The molecule has 0 unspecified atom stereocenters. The van der Waals surface area contributed by atoms with Crippen molar-refractivity contribution in [3.05, 3.63) is 23.9 Å². The molecule has 0 spiro atoms. The van der Waals surface area contributed by atoms with Gasteiger partial charge in [-0.05, 0) is 38.3 Å². The van der Waals surface area contributed by atoms with Gasteiger partial charge in [-0.25, -0.2) is 4.98 Å². The molecule has 0 fully saturated rings. The molecule has 0 amide bonds. The van der Waals surface area contributed by atoms with E-state index < -0.39 is 0 Å². The molecule has 1 aliphatic rings. The SMILES string of the molecule is CC[C@H](C)Nc1ccc(C2=NCCC2)cn1. The summed E-state index contributed by atoms with van der Waals surface area (Å²) in [6.45, 7) is 5.30. The quantitative estimate of drug-likeness (QED) is 0.842. The molecule has 0 saturated heterocycles. The lowest BCUT2D eigenvalue weighted by Crippen LogP contribution is -2.14. The second kappa shape index (κ2) is 5.10. The highest BCUT2D eigenvalue weighted by molar-refractivity contribution is 6.01. The predicted molar refractivity (Wildman–Crippen MR) is 68.3 cm³/mol. The van der Waals surface area contributed by atoms with Gasteiger partial charge in [-0.3, -0.25) is 4.99 Å². The Hall–Kier alpha value is -1.38. The minimum absolute atomic E-state index is 0.474. The fourth-order valence-electron chi connectivity index (χ4n) is 1.78. The van der Waals surface area contributed by atoms with E-state index in [1.165, 1.54) is 17.7 Å². The van der Waals surface area contributed by atoms with E-state index in [-0.39, 0.29) is 0 Å². The minimum Gasteiger partial charge on any atom is -0.368 e. The van der Waals surface area contributed by atoms with E-state index in [1.807, 2.05) is 12.3 Å². The van der Waals surface area contributed by atoms with E-state index in [0.29, 0.717) is 6.04 Å². The molecule has 86 valence electrons. The van der Waals surface area contributed by atoms with E-state index >= 15 is 0 Å². The minimum atomic E-state index is 0.474. The fourth-order valence-corrected chi connectivity index (χ4v) is 1.78. The number of nitrogens with zero attached hydrogens (tertiary/aromatic N) is 2. The Morgan fingerprint density at radius 3 is 2.88 bits per heavy atom. The normalized spacial score (nSPS) is 17.0. The average molecular weight is 217 g/mol. The molecule has 0 saturated carbocycles. The number of hydrogen-bond acceptors (Lipinski definition) is 3. The smallest absolute Gasteiger partial charge is 0.126 e. The Morgan fingerprint density at radius 2 is 2.31 bits per heavy atom. The van der Waals surface area contributed by atoms with Crippen molar-refractivity contribution in [2.75, 3.05) is 11.9 Å². The van der Waals surface area contributed by atoms with Gasteiger partial charge in [0.25, 0.3) is 0 Å². The fraction of sp³-hybridized carbons (Fsp3) is 0.538. The van der Waals surface area contributed by atoms with Crippen molar-refractivity contribution in [2.45, 2.75) is 39.2 Å². The first-order valence-electron chi connectivity index (χ1n) is 6.06. The maximum atomic E-state index is 4.47. The Kier molecular flexibility index (Phi) is 3.54. The van der Waals surface area contributed by atoms with E-state index in [0.717, 1.165) is 25.2 Å². The number of hydrogen-bond donors (Lipinski definition) is 1. The molecular formula is C13H19N3.